The molecule has 27 heavy (non-hydrogen) atoms. The summed E-state index contributed by atoms with van der Waals surface area (Å²) in [5.41, 5.74) is -2.10. The molecule has 0 N–H and O–H groups in total. The van der Waals surface area contributed by atoms with E-state index in [-0.39, 0.29) is 23.1 Å². The van der Waals surface area contributed by atoms with Crippen molar-refractivity contribution in [1.29, 1.82) is 0 Å². The summed E-state index contributed by atoms with van der Waals surface area (Å²) in [4.78, 5) is 4.00. The van der Waals surface area contributed by atoms with Crippen LogP contribution in [0.5, 0.6) is 11.8 Å². The maximum absolute atomic E-state index is 12.9. The Balaban J connectivity index is 1.90. The smallest absolute Gasteiger partial charge is 0.421 e. The molecule has 144 valence electrons. The number of nitrogens with zero attached hydrogens (tertiary/aromatic N) is 5. The molecule has 3 rings (SSSR count). The molecule has 3 aromatic heterocycles. The second-order valence-corrected chi connectivity index (χ2v) is 5.49. The van der Waals surface area contributed by atoms with Crippen molar-refractivity contribution in [2.24, 2.45) is 14.1 Å². The van der Waals surface area contributed by atoms with E-state index in [1.807, 2.05) is 0 Å². The van der Waals surface area contributed by atoms with E-state index in [0.29, 0.717) is 10.7 Å². The van der Waals surface area contributed by atoms with E-state index >= 15 is 0 Å². The highest BCUT2D eigenvalue weighted by molar-refractivity contribution is 5.55. The van der Waals surface area contributed by atoms with E-state index in [1.54, 1.807) is 0 Å². The number of ether oxygens (including phenoxy) is 1. The summed E-state index contributed by atoms with van der Waals surface area (Å²) in [5.74, 6) is -0.354. The van der Waals surface area contributed by atoms with Gasteiger partial charge in [-0.15, -0.1) is 0 Å². The summed E-state index contributed by atoms with van der Waals surface area (Å²) >= 11 is 0. The van der Waals surface area contributed by atoms with Crippen LogP contribution in [-0.2, 0) is 26.4 Å². The van der Waals surface area contributed by atoms with Crippen LogP contribution in [0.3, 0.4) is 0 Å². The highest BCUT2D eigenvalue weighted by Crippen LogP contribution is 2.33. The zero-order valence-corrected chi connectivity index (χ0v) is 13.8. The van der Waals surface area contributed by atoms with Crippen LogP contribution >= 0.6 is 0 Å². The minimum Gasteiger partial charge on any atom is -0.421 e. The van der Waals surface area contributed by atoms with Gasteiger partial charge in [0.15, 0.2) is 5.69 Å². The SMILES string of the molecule is Cn1nc(C(F)(F)F)cc1Oc1cccc(-c2cc(C(F)(F)F)n(C)n2)n1. The van der Waals surface area contributed by atoms with Gasteiger partial charge in [-0.1, -0.05) is 6.07 Å². The molecular formula is C15H11F6N5O. The van der Waals surface area contributed by atoms with Crippen molar-refractivity contribution < 1.29 is 31.1 Å². The van der Waals surface area contributed by atoms with Crippen LogP contribution in [0.2, 0.25) is 0 Å². The van der Waals surface area contributed by atoms with E-state index in [0.717, 1.165) is 17.8 Å². The molecule has 0 unspecified atom stereocenters. The van der Waals surface area contributed by atoms with E-state index in [4.69, 9.17) is 4.74 Å². The van der Waals surface area contributed by atoms with Gasteiger partial charge >= 0.3 is 12.4 Å². The number of hydrogen-bond acceptors (Lipinski definition) is 4. The average Bonchev–Trinajstić information content (AvgIpc) is 3.11. The maximum Gasteiger partial charge on any atom is 0.435 e. The Morgan fingerprint density at radius 1 is 0.852 bits per heavy atom. The maximum atomic E-state index is 12.9. The van der Waals surface area contributed by atoms with Crippen molar-refractivity contribution in [2.75, 3.05) is 0 Å². The predicted octanol–water partition coefficient (Wildman–Crippen LogP) is 4.05. The second-order valence-electron chi connectivity index (χ2n) is 5.49. The summed E-state index contributed by atoms with van der Waals surface area (Å²) in [6.07, 6.45) is -9.23. The molecule has 0 aliphatic carbocycles. The number of aryl methyl sites for hydroxylation is 2. The quantitative estimate of drug-likeness (QED) is 0.633. The molecule has 3 aromatic rings. The molecule has 0 bridgehead atoms. The fraction of sp³-hybridized carbons (Fsp3) is 0.267. The van der Waals surface area contributed by atoms with Gasteiger partial charge in [0.1, 0.15) is 11.4 Å². The molecule has 6 nitrogen and oxygen atoms in total. The van der Waals surface area contributed by atoms with E-state index in [1.165, 1.54) is 25.2 Å². The molecular weight excluding hydrogens is 380 g/mol. The molecule has 0 spiro atoms. The third-order valence-corrected chi connectivity index (χ3v) is 3.49. The van der Waals surface area contributed by atoms with Gasteiger partial charge in [0.2, 0.25) is 11.8 Å². The molecule has 0 fully saturated rings. The summed E-state index contributed by atoms with van der Waals surface area (Å²) in [7, 11) is 2.39. The summed E-state index contributed by atoms with van der Waals surface area (Å²) in [6.45, 7) is 0. The highest BCUT2D eigenvalue weighted by atomic mass is 19.4. The first kappa shape index (κ1) is 18.7. The molecule has 12 heteroatoms. The van der Waals surface area contributed by atoms with Gasteiger partial charge in [-0.05, 0) is 12.1 Å². The van der Waals surface area contributed by atoms with E-state index in [9.17, 15) is 26.3 Å². The van der Waals surface area contributed by atoms with Crippen molar-refractivity contribution in [1.82, 2.24) is 24.5 Å². The van der Waals surface area contributed by atoms with Crippen LogP contribution in [0.15, 0.2) is 30.3 Å². The molecule has 0 radical (unpaired) electrons. The van der Waals surface area contributed by atoms with Gasteiger partial charge in [-0.25, -0.2) is 9.67 Å². The third kappa shape index (κ3) is 3.88. The van der Waals surface area contributed by atoms with Crippen molar-refractivity contribution in [3.05, 3.63) is 41.7 Å². The number of alkyl halides is 6. The van der Waals surface area contributed by atoms with Crippen LogP contribution in [-0.4, -0.2) is 24.5 Å². The Morgan fingerprint density at radius 2 is 1.56 bits per heavy atom. The Bertz CT molecular complexity index is 972. The topological polar surface area (TPSA) is 57.8 Å². The van der Waals surface area contributed by atoms with Crippen LogP contribution in [0.25, 0.3) is 11.4 Å². The Morgan fingerprint density at radius 3 is 2.11 bits per heavy atom. The standard InChI is InChI=1S/C15H11F6N5O/c1-25-11(15(19,20)21)6-9(23-25)8-4-3-5-12(22-8)27-13-7-10(14(16,17)18)24-26(13)2/h3-7H,1-2H3. The van der Waals surface area contributed by atoms with Crippen molar-refractivity contribution in [2.45, 2.75) is 12.4 Å². The number of halogens is 6. The number of hydrogen-bond donors (Lipinski definition) is 0. The van der Waals surface area contributed by atoms with Gasteiger partial charge in [0, 0.05) is 26.2 Å². The molecule has 0 saturated carbocycles. The number of rotatable bonds is 3. The molecule has 0 aliphatic heterocycles. The zero-order chi connectivity index (χ0) is 20.0. The molecule has 0 amide bonds. The first-order chi connectivity index (χ1) is 12.4. The first-order valence-corrected chi connectivity index (χ1v) is 7.33. The third-order valence-electron chi connectivity index (χ3n) is 3.49. The minimum absolute atomic E-state index is 0.0590. The van der Waals surface area contributed by atoms with Crippen LogP contribution in [0.4, 0.5) is 26.3 Å². The normalized spacial score (nSPS) is 12.4. The zero-order valence-electron chi connectivity index (χ0n) is 13.8. The van der Waals surface area contributed by atoms with Gasteiger partial charge in [-0.2, -0.15) is 36.5 Å². The Kier molecular flexibility index (Phi) is 4.36. The van der Waals surface area contributed by atoms with Crippen molar-refractivity contribution in [3.63, 3.8) is 0 Å². The first-order valence-electron chi connectivity index (χ1n) is 7.33. The van der Waals surface area contributed by atoms with Gasteiger partial charge in [0.25, 0.3) is 0 Å². The lowest BCUT2D eigenvalue weighted by Crippen LogP contribution is -2.11. The molecule has 0 aliphatic rings. The average molecular weight is 391 g/mol. The van der Waals surface area contributed by atoms with Gasteiger partial charge in [0.05, 0.1) is 5.69 Å². The van der Waals surface area contributed by atoms with Crippen molar-refractivity contribution >= 4 is 0 Å². The summed E-state index contributed by atoms with van der Waals surface area (Å²) in [5, 5.41) is 7.06. The lowest BCUT2D eigenvalue weighted by molar-refractivity contribution is -0.143. The van der Waals surface area contributed by atoms with Crippen LogP contribution < -0.4 is 4.74 Å². The molecule has 0 saturated heterocycles. The van der Waals surface area contributed by atoms with Crippen molar-refractivity contribution in [3.8, 4) is 23.1 Å². The molecule has 0 atom stereocenters. The predicted molar refractivity (Wildman–Crippen MR) is 79.7 cm³/mol. The highest BCUT2D eigenvalue weighted by Gasteiger charge is 2.36. The fourth-order valence-corrected chi connectivity index (χ4v) is 2.26. The summed E-state index contributed by atoms with van der Waals surface area (Å²) in [6, 6.07) is 5.69. The van der Waals surface area contributed by atoms with E-state index < -0.39 is 23.7 Å². The van der Waals surface area contributed by atoms with Crippen LogP contribution in [0, 0.1) is 0 Å². The Labute approximate surface area is 148 Å². The lowest BCUT2D eigenvalue weighted by Gasteiger charge is -2.05. The Hall–Kier alpha value is -3.05. The second kappa shape index (κ2) is 6.28. The fourth-order valence-electron chi connectivity index (χ4n) is 2.26. The van der Waals surface area contributed by atoms with Gasteiger partial charge < -0.3 is 4.74 Å². The summed E-state index contributed by atoms with van der Waals surface area (Å²) < 4.78 is 83.5. The van der Waals surface area contributed by atoms with E-state index in [2.05, 4.69) is 15.2 Å². The number of pyridine rings is 1. The van der Waals surface area contributed by atoms with Gasteiger partial charge in [-0.3, -0.25) is 4.68 Å². The minimum atomic E-state index is -4.64. The lowest BCUT2D eigenvalue weighted by atomic mass is 10.2. The molecule has 3 heterocycles. The van der Waals surface area contributed by atoms with Crippen LogP contribution in [0.1, 0.15) is 11.4 Å². The monoisotopic (exact) mass is 391 g/mol. The largest absolute Gasteiger partial charge is 0.435 e. The molecule has 0 aromatic carbocycles. The number of aromatic nitrogens is 5.